The van der Waals surface area contributed by atoms with E-state index in [0.717, 1.165) is 16.9 Å². The summed E-state index contributed by atoms with van der Waals surface area (Å²) < 4.78 is 2.00. The van der Waals surface area contributed by atoms with E-state index in [0.29, 0.717) is 17.9 Å². The molecule has 3 N–H and O–H groups in total. The van der Waals surface area contributed by atoms with Crippen LogP contribution in [-0.2, 0) is 6.42 Å². The number of pyridine rings is 3. The summed E-state index contributed by atoms with van der Waals surface area (Å²) in [6.07, 6.45) is 8.07. The lowest BCUT2D eigenvalue weighted by Gasteiger charge is -1.99. The first-order valence-electron chi connectivity index (χ1n) is 8.00. The molecule has 0 saturated carbocycles. The highest BCUT2D eigenvalue weighted by Gasteiger charge is 2.24. The first kappa shape index (κ1) is 15.0. The molecule has 0 aliphatic heterocycles. The number of H-pyrrole nitrogens is 2. The van der Waals surface area contributed by atoms with Crippen LogP contribution in [0, 0.1) is 0 Å². The van der Waals surface area contributed by atoms with E-state index < -0.39 is 0 Å². The molecular weight excluding hydrogens is 314 g/mol. The molecule has 0 radical (unpaired) electrons. The minimum atomic E-state index is -0.213. The predicted molar refractivity (Wildman–Crippen MR) is 91.9 cm³/mol. The Morgan fingerprint density at radius 1 is 1.12 bits per heavy atom. The van der Waals surface area contributed by atoms with E-state index in [1.54, 1.807) is 12.3 Å². The SMILES string of the molecule is O=C(Nc1ccccn1)c1[nH]c(Cc2cc[nH+]cc2)[n+]2ccccc12. The highest BCUT2D eigenvalue weighted by atomic mass is 16.2. The van der Waals surface area contributed by atoms with Crippen LogP contribution >= 0.6 is 0 Å². The summed E-state index contributed by atoms with van der Waals surface area (Å²) in [6.45, 7) is 0. The Hall–Kier alpha value is -3.54. The number of aromatic amines is 2. The van der Waals surface area contributed by atoms with Gasteiger partial charge in [0.05, 0.1) is 12.6 Å². The molecule has 0 fully saturated rings. The zero-order chi connectivity index (χ0) is 17.1. The summed E-state index contributed by atoms with van der Waals surface area (Å²) in [7, 11) is 0. The van der Waals surface area contributed by atoms with Gasteiger partial charge in [-0.1, -0.05) is 12.1 Å². The third-order valence-electron chi connectivity index (χ3n) is 3.97. The van der Waals surface area contributed by atoms with Crippen molar-refractivity contribution in [1.82, 2.24) is 9.97 Å². The maximum atomic E-state index is 12.7. The molecule has 0 aromatic carbocycles. The highest BCUT2D eigenvalue weighted by molar-refractivity contribution is 6.06. The Morgan fingerprint density at radius 2 is 1.96 bits per heavy atom. The number of carbonyl (C=O) groups is 1. The second-order valence-corrected chi connectivity index (χ2v) is 5.66. The van der Waals surface area contributed by atoms with Gasteiger partial charge in [0.2, 0.25) is 5.69 Å². The second kappa shape index (κ2) is 6.52. The van der Waals surface area contributed by atoms with Crippen LogP contribution in [0.3, 0.4) is 0 Å². The summed E-state index contributed by atoms with van der Waals surface area (Å²) >= 11 is 0. The van der Waals surface area contributed by atoms with Crippen LogP contribution in [0.15, 0.2) is 73.3 Å². The molecule has 0 saturated heterocycles. The van der Waals surface area contributed by atoms with Gasteiger partial charge in [0.25, 0.3) is 5.82 Å². The maximum absolute atomic E-state index is 12.7. The minimum absolute atomic E-state index is 0.213. The van der Waals surface area contributed by atoms with Crippen LogP contribution in [0.5, 0.6) is 0 Å². The molecule has 0 aliphatic rings. The normalized spacial score (nSPS) is 10.7. The number of nitrogens with zero attached hydrogens (tertiary/aromatic N) is 2. The largest absolute Gasteiger partial charge is 0.303 e. The summed E-state index contributed by atoms with van der Waals surface area (Å²) in [4.78, 5) is 23.1. The van der Waals surface area contributed by atoms with Crippen molar-refractivity contribution in [1.29, 1.82) is 0 Å². The Labute approximate surface area is 144 Å². The van der Waals surface area contributed by atoms with Crippen LogP contribution in [0.4, 0.5) is 5.82 Å². The van der Waals surface area contributed by atoms with Crippen molar-refractivity contribution in [2.75, 3.05) is 5.32 Å². The molecule has 0 bridgehead atoms. The van der Waals surface area contributed by atoms with Crippen molar-refractivity contribution in [2.45, 2.75) is 6.42 Å². The third kappa shape index (κ3) is 3.10. The fourth-order valence-electron chi connectivity index (χ4n) is 2.80. The summed E-state index contributed by atoms with van der Waals surface area (Å²) in [5.41, 5.74) is 2.49. The lowest BCUT2D eigenvalue weighted by molar-refractivity contribution is -0.520. The molecule has 0 aliphatic carbocycles. The molecule has 4 aromatic heterocycles. The number of aromatic nitrogens is 4. The molecule has 4 aromatic rings. The van der Waals surface area contributed by atoms with Gasteiger partial charge in [-0.3, -0.25) is 4.79 Å². The standard InChI is InChI=1S/C19H15N5O/c25-19(22-16-6-1-3-9-21-16)18-15-5-2-4-12-24(15)17(23-18)13-14-7-10-20-11-8-14/h1-12H,13H2,(H,21,22,25)/p+2. The van der Waals surface area contributed by atoms with E-state index >= 15 is 0 Å². The van der Waals surface area contributed by atoms with Gasteiger partial charge in [0, 0.05) is 18.3 Å². The van der Waals surface area contributed by atoms with E-state index in [2.05, 4.69) is 20.3 Å². The van der Waals surface area contributed by atoms with E-state index in [-0.39, 0.29) is 5.91 Å². The fourth-order valence-corrected chi connectivity index (χ4v) is 2.80. The Kier molecular flexibility index (Phi) is 3.92. The minimum Gasteiger partial charge on any atom is -0.303 e. The van der Waals surface area contributed by atoms with Gasteiger partial charge in [-0.25, -0.2) is 15.0 Å². The second-order valence-electron chi connectivity index (χ2n) is 5.66. The van der Waals surface area contributed by atoms with Crippen LogP contribution in [0.1, 0.15) is 21.9 Å². The van der Waals surface area contributed by atoms with Crippen LogP contribution in [0.2, 0.25) is 0 Å². The molecule has 0 atom stereocenters. The molecule has 1 amide bonds. The topological polar surface area (TPSA) is 76.0 Å². The van der Waals surface area contributed by atoms with Gasteiger partial charge in [0.1, 0.15) is 5.82 Å². The van der Waals surface area contributed by atoms with Crippen molar-refractivity contribution < 1.29 is 14.2 Å². The molecule has 25 heavy (non-hydrogen) atoms. The van der Waals surface area contributed by atoms with Crippen molar-refractivity contribution in [3.05, 3.63) is 90.4 Å². The number of nitrogens with one attached hydrogen (secondary N) is 3. The zero-order valence-electron chi connectivity index (χ0n) is 13.4. The average molecular weight is 331 g/mol. The van der Waals surface area contributed by atoms with Gasteiger partial charge in [-0.2, -0.15) is 4.40 Å². The van der Waals surface area contributed by atoms with Crippen LogP contribution in [0.25, 0.3) is 5.52 Å². The zero-order valence-corrected chi connectivity index (χ0v) is 13.4. The first-order chi connectivity index (χ1) is 12.3. The van der Waals surface area contributed by atoms with Crippen molar-refractivity contribution in [3.63, 3.8) is 0 Å². The van der Waals surface area contributed by atoms with Gasteiger partial charge >= 0.3 is 5.91 Å². The number of imidazole rings is 1. The number of hydrogen-bond acceptors (Lipinski definition) is 2. The maximum Gasteiger partial charge on any atom is 0.301 e. The van der Waals surface area contributed by atoms with Gasteiger partial charge in [-0.15, -0.1) is 0 Å². The third-order valence-corrected chi connectivity index (χ3v) is 3.97. The Morgan fingerprint density at radius 3 is 2.76 bits per heavy atom. The number of carbonyl (C=O) groups excluding carboxylic acids is 1. The van der Waals surface area contributed by atoms with E-state index in [4.69, 9.17) is 0 Å². The Balaban J connectivity index is 1.71. The fraction of sp³-hybridized carbons (Fsp3) is 0.0526. The lowest BCUT2D eigenvalue weighted by atomic mass is 10.2. The van der Waals surface area contributed by atoms with Gasteiger partial charge < -0.3 is 5.32 Å². The molecule has 0 unspecified atom stereocenters. The van der Waals surface area contributed by atoms with E-state index in [9.17, 15) is 4.79 Å². The quantitative estimate of drug-likeness (QED) is 0.560. The van der Waals surface area contributed by atoms with Gasteiger partial charge in [0.15, 0.2) is 17.9 Å². The molecule has 6 heteroatoms. The average Bonchev–Trinajstić information content (AvgIpc) is 3.02. The highest BCUT2D eigenvalue weighted by Crippen LogP contribution is 2.12. The molecule has 4 heterocycles. The van der Waals surface area contributed by atoms with E-state index in [1.807, 2.05) is 65.5 Å². The molecule has 0 spiro atoms. The number of anilines is 1. The Bertz CT molecular complexity index is 1010. The molecule has 122 valence electrons. The van der Waals surface area contributed by atoms with Crippen LogP contribution in [-0.4, -0.2) is 15.9 Å². The number of fused-ring (bicyclic) bond motifs is 1. The van der Waals surface area contributed by atoms with Gasteiger partial charge in [-0.05, 0) is 29.8 Å². The molecule has 6 nitrogen and oxygen atoms in total. The van der Waals surface area contributed by atoms with E-state index in [1.165, 1.54) is 0 Å². The van der Waals surface area contributed by atoms with Crippen molar-refractivity contribution in [3.8, 4) is 0 Å². The first-order valence-corrected chi connectivity index (χ1v) is 8.00. The summed E-state index contributed by atoms with van der Waals surface area (Å²) in [6, 6.07) is 15.2. The molecular formula is C19H17N5O+2. The predicted octanol–water partition coefficient (Wildman–Crippen LogP) is 1.81. The smallest absolute Gasteiger partial charge is 0.301 e. The van der Waals surface area contributed by atoms with Crippen LogP contribution < -0.4 is 14.7 Å². The van der Waals surface area contributed by atoms with Crippen molar-refractivity contribution in [2.24, 2.45) is 0 Å². The summed E-state index contributed by atoms with van der Waals surface area (Å²) in [5, 5.41) is 2.83. The lowest BCUT2D eigenvalue weighted by Crippen LogP contribution is -2.24. The summed E-state index contributed by atoms with van der Waals surface area (Å²) in [5.74, 6) is 1.25. The number of rotatable bonds is 4. The number of amides is 1. The monoisotopic (exact) mass is 331 g/mol. The van der Waals surface area contributed by atoms with Crippen molar-refractivity contribution >= 4 is 17.2 Å². The molecule has 4 rings (SSSR count). The number of hydrogen-bond donors (Lipinski definition) is 2.